The van der Waals surface area contributed by atoms with Crippen LogP contribution in [0.4, 0.5) is 13.2 Å². The summed E-state index contributed by atoms with van der Waals surface area (Å²) in [4.78, 5) is 3.86. The van der Waals surface area contributed by atoms with Gasteiger partial charge in [-0.1, -0.05) is 6.92 Å². The fourth-order valence-corrected chi connectivity index (χ4v) is 2.00. The molecule has 0 saturated carbocycles. The van der Waals surface area contributed by atoms with E-state index in [1.54, 1.807) is 10.9 Å². The number of alkyl halides is 3. The number of hydrogen-bond donors (Lipinski definition) is 1. The van der Waals surface area contributed by atoms with E-state index in [0.717, 1.165) is 29.9 Å². The smallest absolute Gasteiger partial charge is 0.316 e. The molecule has 1 N–H and O–H groups in total. The highest BCUT2D eigenvalue weighted by molar-refractivity contribution is 5.31. The lowest BCUT2D eigenvalue weighted by molar-refractivity contribution is -0.137. The second kappa shape index (κ2) is 5.62. The van der Waals surface area contributed by atoms with E-state index in [2.05, 4.69) is 15.4 Å². The first-order chi connectivity index (χ1) is 9.47. The Labute approximate surface area is 114 Å². The largest absolute Gasteiger partial charge is 0.417 e. The molecule has 2 rings (SSSR count). The molecule has 0 fully saturated rings. The predicted octanol–water partition coefficient (Wildman–Crippen LogP) is 2.57. The third-order valence-electron chi connectivity index (χ3n) is 2.95. The molecule has 7 heteroatoms. The fraction of sp³-hybridized carbons (Fsp3) is 0.385. The Hall–Kier alpha value is -1.89. The van der Waals surface area contributed by atoms with Crippen molar-refractivity contribution in [3.05, 3.63) is 41.3 Å². The lowest BCUT2D eigenvalue weighted by Crippen LogP contribution is -2.10. The van der Waals surface area contributed by atoms with Crippen LogP contribution in [-0.4, -0.2) is 21.8 Å². The number of halogens is 3. The minimum Gasteiger partial charge on any atom is -0.316 e. The number of nitrogens with zero attached hydrogens (tertiary/aromatic N) is 3. The molecular weight excluding hydrogens is 269 g/mol. The molecule has 0 bridgehead atoms. The van der Waals surface area contributed by atoms with Crippen molar-refractivity contribution in [1.29, 1.82) is 0 Å². The Morgan fingerprint density at radius 3 is 2.50 bits per heavy atom. The Morgan fingerprint density at radius 1 is 1.25 bits per heavy atom. The first-order valence-electron chi connectivity index (χ1n) is 6.21. The molecule has 2 aromatic heterocycles. The van der Waals surface area contributed by atoms with Gasteiger partial charge >= 0.3 is 6.18 Å². The van der Waals surface area contributed by atoms with Crippen molar-refractivity contribution in [2.45, 2.75) is 26.1 Å². The van der Waals surface area contributed by atoms with Gasteiger partial charge in [-0.15, -0.1) is 0 Å². The molecule has 2 aromatic rings. The van der Waals surface area contributed by atoms with Crippen LogP contribution < -0.4 is 5.32 Å². The van der Waals surface area contributed by atoms with Gasteiger partial charge in [-0.3, -0.25) is 0 Å². The van der Waals surface area contributed by atoms with Crippen LogP contribution in [-0.2, 0) is 19.1 Å². The lowest BCUT2D eigenvalue weighted by Gasteiger charge is -2.09. The molecule has 0 amide bonds. The van der Waals surface area contributed by atoms with Gasteiger partial charge in [-0.2, -0.15) is 18.3 Å². The van der Waals surface area contributed by atoms with Gasteiger partial charge in [-0.05, 0) is 25.6 Å². The summed E-state index contributed by atoms with van der Waals surface area (Å²) in [5, 5.41) is 7.23. The molecule has 4 nitrogen and oxygen atoms in total. The second-order valence-electron chi connectivity index (χ2n) is 4.32. The van der Waals surface area contributed by atoms with Crippen LogP contribution in [0.3, 0.4) is 0 Å². The van der Waals surface area contributed by atoms with Gasteiger partial charge in [0.05, 0.1) is 17.5 Å². The summed E-state index contributed by atoms with van der Waals surface area (Å²) in [7, 11) is 1.83. The maximum Gasteiger partial charge on any atom is 0.417 e. The van der Waals surface area contributed by atoms with Crippen LogP contribution in [0.15, 0.2) is 24.5 Å². The minimum atomic E-state index is -4.37. The van der Waals surface area contributed by atoms with Gasteiger partial charge in [0.1, 0.15) is 0 Å². The van der Waals surface area contributed by atoms with E-state index in [4.69, 9.17) is 0 Å². The van der Waals surface area contributed by atoms with E-state index in [-0.39, 0.29) is 0 Å². The van der Waals surface area contributed by atoms with E-state index in [0.29, 0.717) is 12.4 Å². The van der Waals surface area contributed by atoms with Gasteiger partial charge in [0.15, 0.2) is 5.82 Å². The third-order valence-corrected chi connectivity index (χ3v) is 2.95. The first kappa shape index (κ1) is 14.5. The van der Waals surface area contributed by atoms with Crippen molar-refractivity contribution in [3.63, 3.8) is 0 Å². The molecule has 2 heterocycles. The van der Waals surface area contributed by atoms with Crippen molar-refractivity contribution >= 4 is 0 Å². The third kappa shape index (κ3) is 2.82. The number of hydrogen-bond acceptors (Lipinski definition) is 3. The zero-order valence-electron chi connectivity index (χ0n) is 11.2. The summed E-state index contributed by atoms with van der Waals surface area (Å²) >= 11 is 0. The van der Waals surface area contributed by atoms with Crippen LogP contribution >= 0.6 is 0 Å². The molecule has 20 heavy (non-hydrogen) atoms. The number of aromatic nitrogens is 3. The summed E-state index contributed by atoms with van der Waals surface area (Å²) in [5.74, 6) is 0.386. The van der Waals surface area contributed by atoms with Gasteiger partial charge in [-0.25, -0.2) is 9.67 Å². The van der Waals surface area contributed by atoms with Crippen molar-refractivity contribution < 1.29 is 13.2 Å². The lowest BCUT2D eigenvalue weighted by atomic mass is 10.2. The highest BCUT2D eigenvalue weighted by Crippen LogP contribution is 2.28. The van der Waals surface area contributed by atoms with E-state index >= 15 is 0 Å². The molecule has 0 aromatic carbocycles. The van der Waals surface area contributed by atoms with Crippen LogP contribution in [0.2, 0.25) is 0 Å². The molecule has 0 aliphatic rings. The summed E-state index contributed by atoms with van der Waals surface area (Å²) < 4.78 is 39.1. The molecular formula is C13H15F3N4. The van der Waals surface area contributed by atoms with Crippen molar-refractivity contribution in [3.8, 4) is 5.82 Å². The van der Waals surface area contributed by atoms with Gasteiger partial charge in [0.25, 0.3) is 0 Å². The highest BCUT2D eigenvalue weighted by Gasteiger charge is 2.30. The molecule has 0 unspecified atom stereocenters. The van der Waals surface area contributed by atoms with Crippen molar-refractivity contribution in [1.82, 2.24) is 20.1 Å². The van der Waals surface area contributed by atoms with Crippen molar-refractivity contribution in [2.75, 3.05) is 7.05 Å². The normalized spacial score (nSPS) is 11.8. The number of nitrogens with one attached hydrogen (secondary N) is 1. The molecule has 0 radical (unpaired) electrons. The maximum atomic E-state index is 12.5. The highest BCUT2D eigenvalue weighted by atomic mass is 19.4. The van der Waals surface area contributed by atoms with Crippen LogP contribution in [0, 0.1) is 0 Å². The van der Waals surface area contributed by atoms with Crippen LogP contribution in [0.5, 0.6) is 0 Å². The van der Waals surface area contributed by atoms with Gasteiger partial charge in [0, 0.05) is 18.3 Å². The predicted molar refractivity (Wildman–Crippen MR) is 68.5 cm³/mol. The molecule has 0 spiro atoms. The topological polar surface area (TPSA) is 42.7 Å². The number of pyridine rings is 1. The standard InChI is InChI=1S/C13H15F3N4/c1-3-11-9(6-17-2)7-19-20(11)12-5-4-10(8-18-12)13(14,15)16/h4-5,7-8,17H,3,6H2,1-2H3. The second-order valence-corrected chi connectivity index (χ2v) is 4.32. The SMILES string of the molecule is CCc1c(CNC)cnn1-c1ccc(C(F)(F)F)cn1. The summed E-state index contributed by atoms with van der Waals surface area (Å²) in [5.41, 5.74) is 1.19. The Morgan fingerprint density at radius 2 is 2.00 bits per heavy atom. The van der Waals surface area contributed by atoms with E-state index in [1.807, 2.05) is 14.0 Å². The molecule has 108 valence electrons. The summed E-state index contributed by atoms with van der Waals surface area (Å²) in [6.45, 7) is 2.63. The van der Waals surface area contributed by atoms with Crippen LogP contribution in [0.1, 0.15) is 23.7 Å². The Bertz CT molecular complexity index is 572. The summed E-state index contributed by atoms with van der Waals surface area (Å²) in [6, 6.07) is 2.35. The van der Waals surface area contributed by atoms with E-state index in [9.17, 15) is 13.2 Å². The molecule has 0 aliphatic carbocycles. The monoisotopic (exact) mass is 284 g/mol. The average Bonchev–Trinajstić information content (AvgIpc) is 2.81. The molecule has 0 saturated heterocycles. The fourth-order valence-electron chi connectivity index (χ4n) is 2.00. The van der Waals surface area contributed by atoms with E-state index in [1.165, 1.54) is 6.07 Å². The average molecular weight is 284 g/mol. The minimum absolute atomic E-state index is 0.386. The quantitative estimate of drug-likeness (QED) is 0.938. The molecule has 0 atom stereocenters. The zero-order chi connectivity index (χ0) is 14.8. The van der Waals surface area contributed by atoms with Crippen molar-refractivity contribution in [2.24, 2.45) is 0 Å². The van der Waals surface area contributed by atoms with Crippen LogP contribution in [0.25, 0.3) is 5.82 Å². The molecule has 0 aliphatic heterocycles. The zero-order valence-corrected chi connectivity index (χ0v) is 11.2. The van der Waals surface area contributed by atoms with Gasteiger partial charge in [0.2, 0.25) is 0 Å². The Kier molecular flexibility index (Phi) is 4.08. The number of rotatable bonds is 4. The summed E-state index contributed by atoms with van der Waals surface area (Å²) in [6.07, 6.45) is -1.12. The Balaban J connectivity index is 2.37. The van der Waals surface area contributed by atoms with E-state index < -0.39 is 11.7 Å². The van der Waals surface area contributed by atoms with Gasteiger partial charge < -0.3 is 5.32 Å². The first-order valence-corrected chi connectivity index (χ1v) is 6.21. The maximum absolute atomic E-state index is 12.5.